The summed E-state index contributed by atoms with van der Waals surface area (Å²) in [6.07, 6.45) is -0.413. The van der Waals surface area contributed by atoms with Gasteiger partial charge in [-0.2, -0.15) is 0 Å². The van der Waals surface area contributed by atoms with Gasteiger partial charge in [0.2, 0.25) is 0 Å². The van der Waals surface area contributed by atoms with Crippen LogP contribution in [0.2, 0.25) is 0 Å². The first kappa shape index (κ1) is 21.4. The van der Waals surface area contributed by atoms with Crippen molar-refractivity contribution < 1.29 is 24.2 Å². The maximum atomic E-state index is 12.3. The number of fused-ring (bicyclic) bond motifs is 3. The SMILES string of the molecule is COc1ccc(C[C@H](CNC(=O)OCC2c3ccccc3-c3ccccc32)C(=O)[O-])cc1. The monoisotopic (exact) mass is 430 g/mol. The molecule has 0 saturated carbocycles. The number of alkyl carbamates (subject to hydrolysis) is 1. The van der Waals surface area contributed by atoms with E-state index in [0.29, 0.717) is 5.75 Å². The third-order valence-corrected chi connectivity index (χ3v) is 5.81. The van der Waals surface area contributed by atoms with Crippen LogP contribution in [0, 0.1) is 5.92 Å². The molecular weight excluding hydrogens is 406 g/mol. The highest BCUT2D eigenvalue weighted by Gasteiger charge is 2.29. The van der Waals surface area contributed by atoms with E-state index in [9.17, 15) is 14.7 Å². The summed E-state index contributed by atoms with van der Waals surface area (Å²) < 4.78 is 10.6. The highest BCUT2D eigenvalue weighted by atomic mass is 16.5. The topological polar surface area (TPSA) is 87.7 Å². The van der Waals surface area contributed by atoms with E-state index in [1.165, 1.54) is 0 Å². The predicted molar refractivity (Wildman–Crippen MR) is 118 cm³/mol. The lowest BCUT2D eigenvalue weighted by Crippen LogP contribution is -2.41. The van der Waals surface area contributed by atoms with Crippen molar-refractivity contribution in [1.29, 1.82) is 0 Å². The van der Waals surface area contributed by atoms with Gasteiger partial charge in [0.25, 0.3) is 0 Å². The zero-order valence-corrected chi connectivity index (χ0v) is 17.7. The number of carboxylic acid groups (broad SMARTS) is 1. The van der Waals surface area contributed by atoms with Crippen molar-refractivity contribution in [1.82, 2.24) is 5.32 Å². The van der Waals surface area contributed by atoms with E-state index in [4.69, 9.17) is 9.47 Å². The first-order chi connectivity index (χ1) is 15.6. The van der Waals surface area contributed by atoms with Crippen molar-refractivity contribution in [2.24, 2.45) is 5.92 Å². The quantitative estimate of drug-likeness (QED) is 0.593. The van der Waals surface area contributed by atoms with Crippen LogP contribution in [0.4, 0.5) is 4.79 Å². The predicted octanol–water partition coefficient (Wildman–Crippen LogP) is 3.14. The van der Waals surface area contributed by atoms with E-state index in [-0.39, 0.29) is 25.5 Å². The van der Waals surface area contributed by atoms with Crippen LogP contribution in [0.25, 0.3) is 11.1 Å². The number of benzene rings is 3. The molecule has 0 unspecified atom stereocenters. The zero-order chi connectivity index (χ0) is 22.5. The van der Waals surface area contributed by atoms with E-state index in [2.05, 4.69) is 17.4 Å². The van der Waals surface area contributed by atoms with Crippen molar-refractivity contribution in [3.63, 3.8) is 0 Å². The van der Waals surface area contributed by atoms with E-state index < -0.39 is 18.0 Å². The molecule has 3 aromatic rings. The Hall–Kier alpha value is -3.80. The van der Waals surface area contributed by atoms with Crippen LogP contribution in [0.3, 0.4) is 0 Å². The molecular formula is C26H24NO5-. The standard InChI is InChI=1S/C26H25NO5/c1-31-19-12-10-17(11-13-19)14-18(25(28)29)15-27-26(30)32-16-24-22-8-4-2-6-20(22)21-7-3-5-9-23(21)24/h2-13,18,24H,14-16H2,1H3,(H,27,30)(H,28,29)/p-1/t18-/m1/s1. The molecule has 1 N–H and O–H groups in total. The lowest BCUT2D eigenvalue weighted by molar-refractivity contribution is -0.311. The fourth-order valence-corrected chi connectivity index (χ4v) is 4.14. The van der Waals surface area contributed by atoms with Gasteiger partial charge in [-0.3, -0.25) is 0 Å². The fourth-order valence-electron chi connectivity index (χ4n) is 4.14. The van der Waals surface area contributed by atoms with E-state index in [1.807, 2.05) is 36.4 Å². The Labute approximate surface area is 186 Å². The summed E-state index contributed by atoms with van der Waals surface area (Å²) in [5.74, 6) is -1.46. The Kier molecular flexibility index (Phi) is 6.40. The van der Waals surface area contributed by atoms with Crippen molar-refractivity contribution in [2.45, 2.75) is 12.3 Å². The molecule has 0 spiro atoms. The minimum Gasteiger partial charge on any atom is -0.550 e. The van der Waals surface area contributed by atoms with Gasteiger partial charge in [0.05, 0.1) is 7.11 Å². The number of aliphatic carboxylic acids is 1. The zero-order valence-electron chi connectivity index (χ0n) is 17.7. The van der Waals surface area contributed by atoms with E-state index in [0.717, 1.165) is 27.8 Å². The second-order valence-corrected chi connectivity index (χ2v) is 7.77. The second-order valence-electron chi connectivity index (χ2n) is 7.77. The lowest BCUT2D eigenvalue weighted by atomic mass is 9.98. The smallest absolute Gasteiger partial charge is 0.407 e. The first-order valence-corrected chi connectivity index (χ1v) is 10.5. The average Bonchev–Trinajstić information content (AvgIpc) is 3.14. The number of hydrogen-bond donors (Lipinski definition) is 1. The molecule has 1 amide bonds. The van der Waals surface area contributed by atoms with Crippen LogP contribution in [-0.4, -0.2) is 32.3 Å². The maximum Gasteiger partial charge on any atom is 0.407 e. The van der Waals surface area contributed by atoms with Gasteiger partial charge in [0, 0.05) is 24.3 Å². The number of carboxylic acids is 1. The molecule has 1 aliphatic carbocycles. The number of carbonyl (C=O) groups excluding carboxylic acids is 2. The Morgan fingerprint density at radius 3 is 2.09 bits per heavy atom. The number of hydrogen-bond acceptors (Lipinski definition) is 5. The Balaban J connectivity index is 1.35. The molecule has 164 valence electrons. The van der Waals surface area contributed by atoms with Crippen LogP contribution >= 0.6 is 0 Å². The highest BCUT2D eigenvalue weighted by Crippen LogP contribution is 2.44. The molecule has 0 bridgehead atoms. The number of ether oxygens (including phenoxy) is 2. The van der Waals surface area contributed by atoms with Gasteiger partial charge in [0.15, 0.2) is 0 Å². The lowest BCUT2D eigenvalue weighted by Gasteiger charge is -2.19. The number of carbonyl (C=O) groups is 2. The number of methoxy groups -OCH3 is 1. The van der Waals surface area contributed by atoms with E-state index >= 15 is 0 Å². The molecule has 0 fully saturated rings. The average molecular weight is 430 g/mol. The molecule has 3 aromatic carbocycles. The molecule has 1 atom stereocenters. The van der Waals surface area contributed by atoms with Crippen LogP contribution in [-0.2, 0) is 16.0 Å². The fraction of sp³-hybridized carbons (Fsp3) is 0.231. The van der Waals surface area contributed by atoms with Crippen LogP contribution in [0.1, 0.15) is 22.6 Å². The summed E-state index contributed by atoms with van der Waals surface area (Å²) in [5, 5.41) is 14.1. The third kappa shape index (κ3) is 4.59. The molecule has 6 nitrogen and oxygen atoms in total. The van der Waals surface area contributed by atoms with Crippen molar-refractivity contribution in [3.8, 4) is 16.9 Å². The van der Waals surface area contributed by atoms with Crippen LogP contribution in [0.15, 0.2) is 72.8 Å². The van der Waals surface area contributed by atoms with Crippen LogP contribution in [0.5, 0.6) is 5.75 Å². The molecule has 1 aliphatic rings. The minimum atomic E-state index is -1.22. The molecule has 0 heterocycles. The normalized spacial score (nSPS) is 13.0. The Morgan fingerprint density at radius 1 is 0.938 bits per heavy atom. The molecule has 6 heteroatoms. The number of rotatable bonds is 8. The summed E-state index contributed by atoms with van der Waals surface area (Å²) in [4.78, 5) is 23.9. The van der Waals surface area contributed by atoms with Gasteiger partial charge in [0.1, 0.15) is 12.4 Å². The van der Waals surface area contributed by atoms with Gasteiger partial charge in [-0.15, -0.1) is 0 Å². The molecule has 0 radical (unpaired) electrons. The highest BCUT2D eigenvalue weighted by molar-refractivity contribution is 5.79. The van der Waals surface area contributed by atoms with Crippen molar-refractivity contribution in [3.05, 3.63) is 89.5 Å². The molecule has 0 aromatic heterocycles. The van der Waals surface area contributed by atoms with Crippen LogP contribution < -0.4 is 15.2 Å². The van der Waals surface area contributed by atoms with Gasteiger partial charge in [-0.05, 0) is 46.4 Å². The third-order valence-electron chi connectivity index (χ3n) is 5.81. The Bertz CT molecular complexity index is 1060. The van der Waals surface area contributed by atoms with Gasteiger partial charge in [-0.1, -0.05) is 60.7 Å². The summed E-state index contributed by atoms with van der Waals surface area (Å²) in [6.45, 7) is 0.0966. The number of nitrogens with one attached hydrogen (secondary N) is 1. The first-order valence-electron chi connectivity index (χ1n) is 10.5. The largest absolute Gasteiger partial charge is 0.550 e. The Morgan fingerprint density at radius 2 is 1.53 bits per heavy atom. The summed E-state index contributed by atoms with van der Waals surface area (Å²) in [7, 11) is 1.57. The summed E-state index contributed by atoms with van der Waals surface area (Å²) >= 11 is 0. The second kappa shape index (κ2) is 9.56. The van der Waals surface area contributed by atoms with Gasteiger partial charge >= 0.3 is 6.09 Å². The molecule has 4 rings (SSSR count). The number of amides is 1. The summed E-state index contributed by atoms with van der Waals surface area (Å²) in [5.41, 5.74) is 5.35. The molecule has 32 heavy (non-hydrogen) atoms. The maximum absolute atomic E-state index is 12.3. The summed E-state index contributed by atoms with van der Waals surface area (Å²) in [6, 6.07) is 23.3. The van der Waals surface area contributed by atoms with Crippen molar-refractivity contribution >= 4 is 12.1 Å². The van der Waals surface area contributed by atoms with Gasteiger partial charge < -0.3 is 24.7 Å². The van der Waals surface area contributed by atoms with E-state index in [1.54, 1.807) is 31.4 Å². The minimum absolute atomic E-state index is 0.0515. The van der Waals surface area contributed by atoms with Crippen molar-refractivity contribution in [2.75, 3.05) is 20.3 Å². The molecule has 0 saturated heterocycles. The molecule has 0 aliphatic heterocycles. The van der Waals surface area contributed by atoms with Gasteiger partial charge in [-0.25, -0.2) is 4.79 Å².